The van der Waals surface area contributed by atoms with Gasteiger partial charge in [0, 0.05) is 10.9 Å². The molecule has 0 atom stereocenters. The quantitative estimate of drug-likeness (QED) is 0.679. The number of rotatable bonds is 3. The van der Waals surface area contributed by atoms with Crippen LogP contribution < -0.4 is 5.56 Å². The topological polar surface area (TPSA) is 52.2 Å². The lowest BCUT2D eigenvalue weighted by atomic mass is 10.3. The van der Waals surface area contributed by atoms with Crippen LogP contribution in [0.15, 0.2) is 51.3 Å². The van der Waals surface area contributed by atoms with Gasteiger partial charge in [0.15, 0.2) is 5.76 Å². The second-order valence-electron chi connectivity index (χ2n) is 3.85. The molecule has 90 valence electrons. The number of hydrogen-bond acceptors (Lipinski definition) is 4. The van der Waals surface area contributed by atoms with Crippen LogP contribution in [-0.4, -0.2) is 10.4 Å². The highest BCUT2D eigenvalue weighted by Crippen LogP contribution is 2.16. The number of thiophene rings is 1. The summed E-state index contributed by atoms with van der Waals surface area (Å²) in [5.41, 5.74) is -0.145. The van der Waals surface area contributed by atoms with Gasteiger partial charge in [-0.05, 0) is 29.6 Å². The molecule has 5 heteroatoms. The Hall–Kier alpha value is -2.14. The molecular formula is C13H9NO3S. The van der Waals surface area contributed by atoms with Gasteiger partial charge in [0.05, 0.1) is 18.2 Å². The fourth-order valence-electron chi connectivity index (χ4n) is 1.80. The summed E-state index contributed by atoms with van der Waals surface area (Å²) < 4.78 is 7.35. The van der Waals surface area contributed by atoms with Crippen molar-refractivity contribution in [3.05, 3.63) is 58.2 Å². The monoisotopic (exact) mass is 259 g/mol. The average Bonchev–Trinajstić information content (AvgIpc) is 3.02. The molecule has 3 heterocycles. The number of fused-ring (bicyclic) bond motifs is 1. The Bertz CT molecular complexity index is 752. The molecule has 0 fully saturated rings. The molecule has 0 spiro atoms. The highest BCUT2D eigenvalue weighted by molar-refractivity contribution is 7.17. The van der Waals surface area contributed by atoms with Crippen LogP contribution in [0.1, 0.15) is 10.6 Å². The molecule has 0 aliphatic rings. The number of carbonyl (C=O) groups is 1. The van der Waals surface area contributed by atoms with E-state index < -0.39 is 0 Å². The van der Waals surface area contributed by atoms with Gasteiger partial charge in [0.1, 0.15) is 0 Å². The number of furan rings is 1. The Kier molecular flexibility index (Phi) is 2.60. The van der Waals surface area contributed by atoms with Gasteiger partial charge in [-0.2, -0.15) is 0 Å². The van der Waals surface area contributed by atoms with Gasteiger partial charge >= 0.3 is 0 Å². The van der Waals surface area contributed by atoms with Crippen LogP contribution in [0.2, 0.25) is 0 Å². The summed E-state index contributed by atoms with van der Waals surface area (Å²) >= 11 is 1.51. The molecule has 0 bridgehead atoms. The fraction of sp³-hybridized carbons (Fsp3) is 0.0769. The molecule has 4 nitrogen and oxygen atoms in total. The first-order valence-electron chi connectivity index (χ1n) is 5.39. The molecular weight excluding hydrogens is 250 g/mol. The minimum absolute atomic E-state index is 0.00185. The molecule has 0 radical (unpaired) electrons. The van der Waals surface area contributed by atoms with Crippen molar-refractivity contribution in [2.45, 2.75) is 6.54 Å². The second kappa shape index (κ2) is 4.27. The molecule has 3 aromatic rings. The summed E-state index contributed by atoms with van der Waals surface area (Å²) in [5, 5.41) is 2.51. The van der Waals surface area contributed by atoms with Gasteiger partial charge in [0.2, 0.25) is 5.78 Å². The maximum absolute atomic E-state index is 12.1. The van der Waals surface area contributed by atoms with Crippen molar-refractivity contribution in [1.82, 2.24) is 4.57 Å². The predicted molar refractivity (Wildman–Crippen MR) is 69.1 cm³/mol. The maximum Gasteiger partial charge on any atom is 0.259 e. The zero-order valence-corrected chi connectivity index (χ0v) is 10.1. The smallest absolute Gasteiger partial charge is 0.259 e. The normalized spacial score (nSPS) is 10.9. The van der Waals surface area contributed by atoms with E-state index in [1.807, 2.05) is 11.4 Å². The van der Waals surface area contributed by atoms with Crippen LogP contribution in [-0.2, 0) is 6.54 Å². The first-order valence-corrected chi connectivity index (χ1v) is 6.27. The van der Waals surface area contributed by atoms with E-state index in [0.29, 0.717) is 5.39 Å². The summed E-state index contributed by atoms with van der Waals surface area (Å²) in [6.07, 6.45) is 3.08. The lowest BCUT2D eigenvalue weighted by Crippen LogP contribution is -2.23. The molecule has 0 aromatic carbocycles. The van der Waals surface area contributed by atoms with Crippen LogP contribution in [0.3, 0.4) is 0 Å². The van der Waals surface area contributed by atoms with E-state index in [2.05, 4.69) is 0 Å². The minimum Gasteiger partial charge on any atom is -0.461 e. The fourth-order valence-corrected chi connectivity index (χ4v) is 2.57. The van der Waals surface area contributed by atoms with E-state index in [4.69, 9.17) is 4.42 Å². The summed E-state index contributed by atoms with van der Waals surface area (Å²) in [7, 11) is 0. The molecule has 0 N–H and O–H groups in total. The summed E-state index contributed by atoms with van der Waals surface area (Å²) in [6, 6.07) is 6.86. The number of ketones is 1. The van der Waals surface area contributed by atoms with E-state index in [-0.39, 0.29) is 23.6 Å². The highest BCUT2D eigenvalue weighted by atomic mass is 32.1. The maximum atomic E-state index is 12.1. The Labute approximate surface area is 106 Å². The molecule has 18 heavy (non-hydrogen) atoms. The average molecular weight is 259 g/mol. The molecule has 0 saturated carbocycles. The van der Waals surface area contributed by atoms with E-state index in [1.165, 1.54) is 22.2 Å². The van der Waals surface area contributed by atoms with E-state index in [0.717, 1.165) is 4.70 Å². The largest absolute Gasteiger partial charge is 0.461 e. The van der Waals surface area contributed by atoms with Crippen molar-refractivity contribution in [2.24, 2.45) is 0 Å². The minimum atomic E-state index is -0.211. The SMILES string of the molecule is O=C(Cn1ccc2sccc2c1=O)c1ccco1. The summed E-state index contributed by atoms with van der Waals surface area (Å²) in [4.78, 5) is 23.9. The van der Waals surface area contributed by atoms with Crippen LogP contribution in [0.25, 0.3) is 10.1 Å². The standard InChI is InChI=1S/C13H9NO3S/c15-10(11-2-1-6-17-11)8-14-5-3-12-9(13(14)16)4-7-18-12/h1-7H,8H2. The first-order chi connectivity index (χ1) is 8.75. The molecule has 0 amide bonds. The van der Waals surface area contributed by atoms with Gasteiger partial charge in [-0.15, -0.1) is 11.3 Å². The third-order valence-corrected chi connectivity index (χ3v) is 3.58. The Balaban J connectivity index is 1.98. The van der Waals surface area contributed by atoms with Gasteiger partial charge < -0.3 is 8.98 Å². The van der Waals surface area contributed by atoms with Crippen LogP contribution in [0, 0.1) is 0 Å². The highest BCUT2D eigenvalue weighted by Gasteiger charge is 2.11. The van der Waals surface area contributed by atoms with Gasteiger partial charge in [-0.25, -0.2) is 0 Å². The lowest BCUT2D eigenvalue weighted by molar-refractivity contribution is 0.0944. The van der Waals surface area contributed by atoms with Gasteiger partial charge in [0.25, 0.3) is 5.56 Å². The van der Waals surface area contributed by atoms with Crippen molar-refractivity contribution in [1.29, 1.82) is 0 Å². The van der Waals surface area contributed by atoms with Crippen molar-refractivity contribution in [3.8, 4) is 0 Å². The van der Waals surface area contributed by atoms with Crippen molar-refractivity contribution < 1.29 is 9.21 Å². The second-order valence-corrected chi connectivity index (χ2v) is 4.80. The Morgan fingerprint density at radius 3 is 3.00 bits per heavy atom. The summed E-state index contributed by atoms with van der Waals surface area (Å²) in [5.74, 6) is 0.0593. The van der Waals surface area contributed by atoms with Crippen LogP contribution >= 0.6 is 11.3 Å². The summed E-state index contributed by atoms with van der Waals surface area (Å²) in [6.45, 7) is -0.00185. The zero-order chi connectivity index (χ0) is 12.5. The van der Waals surface area contributed by atoms with E-state index in [9.17, 15) is 9.59 Å². The number of carbonyl (C=O) groups excluding carboxylic acids is 1. The van der Waals surface area contributed by atoms with Crippen molar-refractivity contribution in [3.63, 3.8) is 0 Å². The molecule has 0 aliphatic heterocycles. The third-order valence-electron chi connectivity index (χ3n) is 2.70. The van der Waals surface area contributed by atoms with E-state index in [1.54, 1.807) is 24.4 Å². The third kappa shape index (κ3) is 1.78. The Morgan fingerprint density at radius 2 is 2.22 bits per heavy atom. The van der Waals surface area contributed by atoms with Crippen LogP contribution in [0.4, 0.5) is 0 Å². The molecule has 0 unspecified atom stereocenters. The molecule has 3 rings (SSSR count). The number of hydrogen-bond donors (Lipinski definition) is 0. The zero-order valence-electron chi connectivity index (χ0n) is 9.33. The van der Waals surface area contributed by atoms with Crippen molar-refractivity contribution in [2.75, 3.05) is 0 Å². The molecule has 3 aromatic heterocycles. The number of Topliss-reactive ketones (excluding diaryl/α,β-unsaturated/α-hetero) is 1. The molecule has 0 aliphatic carbocycles. The lowest BCUT2D eigenvalue weighted by Gasteiger charge is -2.03. The van der Waals surface area contributed by atoms with Gasteiger partial charge in [-0.1, -0.05) is 0 Å². The predicted octanol–water partition coefficient (Wildman–Crippen LogP) is 2.54. The molecule has 0 saturated heterocycles. The number of nitrogens with zero attached hydrogens (tertiary/aromatic N) is 1. The van der Waals surface area contributed by atoms with Crippen LogP contribution in [0.5, 0.6) is 0 Å². The first kappa shape index (κ1) is 11.0. The number of aromatic nitrogens is 1. The van der Waals surface area contributed by atoms with Crippen molar-refractivity contribution >= 4 is 27.2 Å². The Morgan fingerprint density at radius 1 is 1.33 bits per heavy atom. The number of pyridine rings is 1. The van der Waals surface area contributed by atoms with Gasteiger partial charge in [-0.3, -0.25) is 9.59 Å². The van der Waals surface area contributed by atoms with E-state index >= 15 is 0 Å².